The second kappa shape index (κ2) is 9.74. The van der Waals surface area contributed by atoms with Crippen LogP contribution in [0, 0.1) is 12.8 Å². The summed E-state index contributed by atoms with van der Waals surface area (Å²) in [5.41, 5.74) is 11.2. The topological polar surface area (TPSA) is 17.1 Å². The van der Waals surface area contributed by atoms with Crippen molar-refractivity contribution in [2.45, 2.75) is 45.4 Å². The molecule has 2 radical (unpaired) electrons. The van der Waals surface area contributed by atoms with Gasteiger partial charge in [-0.1, -0.05) is 61.9 Å². The Hall–Kier alpha value is -2.89. The van der Waals surface area contributed by atoms with Crippen LogP contribution in [0.15, 0.2) is 100 Å². The smallest absolute Gasteiger partial charge is 0.189 e. The van der Waals surface area contributed by atoms with Crippen LogP contribution in [0.2, 0.25) is 0 Å². The lowest BCUT2D eigenvalue weighted by molar-refractivity contribution is -0.111. The Morgan fingerprint density at radius 1 is 0.967 bits per heavy atom. The molecule has 30 heavy (non-hydrogen) atoms. The van der Waals surface area contributed by atoms with Crippen molar-refractivity contribution in [3.05, 3.63) is 124 Å². The molecule has 0 fully saturated rings. The maximum atomic E-state index is 12.5. The van der Waals surface area contributed by atoms with E-state index >= 15 is 0 Å². The predicted octanol–water partition coefficient (Wildman–Crippen LogP) is 7.21. The highest BCUT2D eigenvalue weighted by atomic mass is 16.1. The first-order valence-electron chi connectivity index (χ1n) is 11.0. The number of ketones is 1. The summed E-state index contributed by atoms with van der Waals surface area (Å²) in [5.74, 6) is 0.129. The molecule has 0 N–H and O–H groups in total. The normalized spacial score (nSPS) is 20.9. The lowest BCUT2D eigenvalue weighted by Crippen LogP contribution is -2.00. The van der Waals surface area contributed by atoms with Crippen LogP contribution in [-0.4, -0.2) is 5.78 Å². The molecule has 1 aromatic rings. The third-order valence-electron chi connectivity index (χ3n) is 5.59. The van der Waals surface area contributed by atoms with E-state index in [1.807, 2.05) is 37.1 Å². The maximum Gasteiger partial charge on any atom is 0.189 e. The number of unbranched alkanes of at least 4 members (excludes halogenated alkanes) is 1. The molecule has 0 saturated carbocycles. The zero-order chi connectivity index (χ0) is 20.8. The summed E-state index contributed by atoms with van der Waals surface area (Å²) in [6.45, 7) is 2.23. The van der Waals surface area contributed by atoms with E-state index in [1.165, 1.54) is 36.0 Å². The van der Waals surface area contributed by atoms with Crippen molar-refractivity contribution in [1.82, 2.24) is 0 Å². The lowest BCUT2D eigenvalue weighted by Gasteiger charge is -2.07. The molecule has 0 saturated heterocycles. The van der Waals surface area contributed by atoms with Crippen molar-refractivity contribution >= 4 is 5.78 Å². The first kappa shape index (κ1) is 20.4. The molecule has 3 aliphatic rings. The van der Waals surface area contributed by atoms with Gasteiger partial charge in [0, 0.05) is 26.8 Å². The van der Waals surface area contributed by atoms with Crippen molar-refractivity contribution < 1.29 is 7.65 Å². The summed E-state index contributed by atoms with van der Waals surface area (Å²) in [7, 11) is 0. The number of aryl methyl sites for hydroxylation is 2. The fraction of sp³-hybridized carbons (Fsp3) is 0.241. The number of hydrogen-bond donors (Lipinski definition) is 0. The second-order valence-electron chi connectivity index (χ2n) is 8.09. The maximum absolute atomic E-state index is 12.5. The van der Waals surface area contributed by atoms with Crippen molar-refractivity contribution in [2.75, 3.05) is 0 Å². The van der Waals surface area contributed by atoms with Gasteiger partial charge < -0.3 is 0 Å². The minimum absolute atomic E-state index is 0. The Morgan fingerprint density at radius 3 is 2.33 bits per heavy atom. The second-order valence-corrected chi connectivity index (χ2v) is 8.09. The number of carbonyl (C=O) groups is 1. The number of allylic oxidation sites excluding steroid dienone is 11. The van der Waals surface area contributed by atoms with Gasteiger partial charge in [-0.05, 0) is 78.2 Å². The molecule has 1 heteroatoms. The number of carbonyl (C=O) groups excluding carboxylic acids is 1. The molecule has 0 amide bonds. The summed E-state index contributed by atoms with van der Waals surface area (Å²) >= 11 is 0. The lowest BCUT2D eigenvalue weighted by atomic mass is 9.98. The highest BCUT2D eigenvalue weighted by Crippen LogP contribution is 2.33. The van der Waals surface area contributed by atoms with Crippen LogP contribution in [0.5, 0.6) is 0 Å². The van der Waals surface area contributed by atoms with Gasteiger partial charge in [-0.25, -0.2) is 0 Å². The van der Waals surface area contributed by atoms with Gasteiger partial charge >= 0.3 is 0 Å². The molecule has 0 aromatic heterocycles. The van der Waals surface area contributed by atoms with E-state index in [-0.39, 0.29) is 8.64 Å². The Kier molecular flexibility index (Phi) is 6.62. The zero-order valence-electron chi connectivity index (χ0n) is 17.7. The standard InChI is InChI=1S/C29H28O.2H2/c1-2-3-6-22-9-12-24(13-10-22)14-11-23-7-4-5-8-25(16-15-23)21-28(26-17-18-26)29(30)27-19-20-27;;/h5,7,9-10,12-13,15-21H,2-3,6,8,11,14H2,1H3;2*1H/b23-15+,25-16+,28-21+;;. The third-order valence-corrected chi connectivity index (χ3v) is 5.59. The predicted molar refractivity (Wildman–Crippen MR) is 129 cm³/mol. The van der Waals surface area contributed by atoms with Crippen molar-refractivity contribution in [3.8, 4) is 0 Å². The number of rotatable bonds is 10. The fourth-order valence-electron chi connectivity index (χ4n) is 3.51. The van der Waals surface area contributed by atoms with E-state index in [9.17, 15) is 4.79 Å². The van der Waals surface area contributed by atoms with Crippen LogP contribution in [0.25, 0.3) is 0 Å². The fourth-order valence-corrected chi connectivity index (χ4v) is 3.51. The van der Waals surface area contributed by atoms with Crippen LogP contribution in [0.4, 0.5) is 0 Å². The molecule has 1 aromatic carbocycles. The first-order valence-corrected chi connectivity index (χ1v) is 11.0. The summed E-state index contributed by atoms with van der Waals surface area (Å²) in [6, 6.07) is 9.06. The molecular weight excluding hydrogens is 364 g/mol. The Balaban J connectivity index is 0.00000181. The molecule has 0 spiro atoms. The molecule has 1 nitrogen and oxygen atoms in total. The summed E-state index contributed by atoms with van der Waals surface area (Å²) < 4.78 is 0. The monoisotopic (exact) mass is 396 g/mol. The van der Waals surface area contributed by atoms with Gasteiger partial charge in [0.1, 0.15) is 0 Å². The van der Waals surface area contributed by atoms with E-state index < -0.39 is 0 Å². The minimum Gasteiger partial charge on any atom is -0.289 e. The molecule has 3 aliphatic carbocycles. The van der Waals surface area contributed by atoms with Crippen molar-refractivity contribution in [2.24, 2.45) is 0 Å². The Bertz CT molecular complexity index is 1040. The molecular formula is C29H32O. The summed E-state index contributed by atoms with van der Waals surface area (Å²) in [6.07, 6.45) is 24.7. The molecule has 4 rings (SSSR count). The molecule has 0 aliphatic heterocycles. The van der Waals surface area contributed by atoms with Gasteiger partial charge in [0.15, 0.2) is 5.78 Å². The molecule has 0 heterocycles. The third kappa shape index (κ3) is 5.81. The van der Waals surface area contributed by atoms with Crippen LogP contribution in [0.3, 0.4) is 0 Å². The van der Waals surface area contributed by atoms with Gasteiger partial charge in [-0.3, -0.25) is 4.79 Å². The molecule has 0 atom stereocenters. The van der Waals surface area contributed by atoms with Crippen molar-refractivity contribution in [3.63, 3.8) is 0 Å². The van der Waals surface area contributed by atoms with Gasteiger partial charge in [-0.15, -0.1) is 5.73 Å². The average molecular weight is 397 g/mol. The Morgan fingerprint density at radius 2 is 1.67 bits per heavy atom. The van der Waals surface area contributed by atoms with E-state index in [0.717, 1.165) is 41.6 Å². The number of benzene rings is 1. The van der Waals surface area contributed by atoms with Gasteiger partial charge in [0.25, 0.3) is 0 Å². The highest BCUT2D eigenvalue weighted by Gasteiger charge is 2.27. The van der Waals surface area contributed by atoms with Crippen LogP contribution in [-0.2, 0) is 17.6 Å². The van der Waals surface area contributed by atoms with Gasteiger partial charge in [-0.2, -0.15) is 0 Å². The molecule has 0 bridgehead atoms. The number of Topliss-reactive ketones (excluding diaryl/α,β-unsaturated/α-hetero) is 1. The van der Waals surface area contributed by atoms with E-state index in [2.05, 4.69) is 55.1 Å². The number of hydrogen-bond acceptors (Lipinski definition) is 1. The first-order chi connectivity index (χ1) is 14.7. The van der Waals surface area contributed by atoms with E-state index in [0.29, 0.717) is 0 Å². The summed E-state index contributed by atoms with van der Waals surface area (Å²) in [5, 5.41) is 0. The largest absolute Gasteiger partial charge is 0.289 e. The molecule has 154 valence electrons. The average Bonchev–Trinajstić information content (AvgIpc) is 3.64. The van der Waals surface area contributed by atoms with Crippen molar-refractivity contribution in [1.29, 1.82) is 0 Å². The summed E-state index contributed by atoms with van der Waals surface area (Å²) in [4.78, 5) is 12.5. The van der Waals surface area contributed by atoms with Crippen LogP contribution in [0.1, 0.15) is 46.6 Å². The van der Waals surface area contributed by atoms with Gasteiger partial charge in [0.2, 0.25) is 0 Å². The highest BCUT2D eigenvalue weighted by molar-refractivity contribution is 6.17. The van der Waals surface area contributed by atoms with Crippen LogP contribution < -0.4 is 0 Å². The van der Waals surface area contributed by atoms with E-state index in [4.69, 9.17) is 0 Å². The minimum atomic E-state index is 0. The SMILES string of the molecule is CCCCc1ccc(CC/C2=C/C=C(/C=C(/C(=O)C3=C[CH]3)C3=C[CH]3)CC=C=C2)cc1.[HH].[HH]. The van der Waals surface area contributed by atoms with Gasteiger partial charge in [0.05, 0.1) is 0 Å². The molecule has 0 unspecified atom stereocenters. The Labute approximate surface area is 183 Å². The van der Waals surface area contributed by atoms with Crippen LogP contribution >= 0.6 is 0 Å². The zero-order valence-corrected chi connectivity index (χ0v) is 17.7. The van der Waals surface area contributed by atoms with E-state index in [1.54, 1.807) is 0 Å². The quantitative estimate of drug-likeness (QED) is 0.302.